The zero-order valence-electron chi connectivity index (χ0n) is 8.48. The molecule has 0 atom stereocenters. The molecule has 0 amide bonds. The van der Waals surface area contributed by atoms with Crippen LogP contribution in [0.4, 0.5) is 0 Å². The van der Waals surface area contributed by atoms with Gasteiger partial charge in [-0.05, 0) is 45.1 Å². The molecule has 14 heavy (non-hydrogen) atoms. The Bertz CT molecular complexity index is 289. The molecule has 2 heterocycles. The summed E-state index contributed by atoms with van der Waals surface area (Å²) >= 11 is 0. The average molecular weight is 192 g/mol. The van der Waals surface area contributed by atoms with Gasteiger partial charge in [-0.15, -0.1) is 0 Å². The molecule has 0 saturated carbocycles. The van der Waals surface area contributed by atoms with E-state index in [2.05, 4.69) is 16.9 Å². The molecule has 0 unspecified atom stereocenters. The maximum atomic E-state index is 9.13. The Kier molecular flexibility index (Phi) is 2.68. The van der Waals surface area contributed by atoms with E-state index in [0.717, 1.165) is 18.8 Å². The number of likely N-dealkylation sites (tertiary alicyclic amines) is 1. The molecule has 3 nitrogen and oxygen atoms in total. The highest BCUT2D eigenvalue weighted by atomic mass is 16.3. The molecule has 1 aromatic heterocycles. The molecule has 2 rings (SSSR count). The summed E-state index contributed by atoms with van der Waals surface area (Å²) in [6, 6.07) is 3.66. The molecule has 0 aromatic carbocycles. The molecule has 3 heteroatoms. The SMILES string of the molecule is CN1CCC(c2ccc(O)cn2)CC1. The minimum atomic E-state index is 0.252. The Morgan fingerprint density at radius 3 is 2.64 bits per heavy atom. The maximum absolute atomic E-state index is 9.13. The molecule has 1 aliphatic rings. The minimum Gasteiger partial charge on any atom is -0.506 e. The molecule has 0 radical (unpaired) electrons. The highest BCUT2D eigenvalue weighted by Crippen LogP contribution is 2.26. The number of nitrogens with zero attached hydrogens (tertiary/aromatic N) is 2. The first-order valence-corrected chi connectivity index (χ1v) is 5.09. The number of rotatable bonds is 1. The van der Waals surface area contributed by atoms with Gasteiger partial charge in [0, 0.05) is 11.6 Å². The molecule has 1 aromatic rings. The van der Waals surface area contributed by atoms with Crippen molar-refractivity contribution >= 4 is 0 Å². The van der Waals surface area contributed by atoms with Crippen molar-refractivity contribution in [1.82, 2.24) is 9.88 Å². The van der Waals surface area contributed by atoms with Gasteiger partial charge in [-0.25, -0.2) is 0 Å². The van der Waals surface area contributed by atoms with Crippen LogP contribution in [0.5, 0.6) is 5.75 Å². The van der Waals surface area contributed by atoms with Crippen molar-refractivity contribution in [3.05, 3.63) is 24.0 Å². The fourth-order valence-electron chi connectivity index (χ4n) is 1.94. The first-order valence-electron chi connectivity index (χ1n) is 5.09. The summed E-state index contributed by atoms with van der Waals surface area (Å²) in [5, 5.41) is 9.13. The molecular weight excluding hydrogens is 176 g/mol. The Labute approximate surface area is 84.4 Å². The van der Waals surface area contributed by atoms with Gasteiger partial charge in [0.1, 0.15) is 5.75 Å². The van der Waals surface area contributed by atoms with E-state index in [9.17, 15) is 0 Å². The van der Waals surface area contributed by atoms with Gasteiger partial charge in [0.25, 0.3) is 0 Å². The molecule has 0 aliphatic carbocycles. The first-order chi connectivity index (χ1) is 6.75. The van der Waals surface area contributed by atoms with Crippen molar-refractivity contribution in [3.8, 4) is 5.75 Å². The quantitative estimate of drug-likeness (QED) is 0.734. The van der Waals surface area contributed by atoms with Crippen LogP contribution in [-0.4, -0.2) is 35.1 Å². The molecule has 1 aliphatic heterocycles. The normalized spacial score (nSPS) is 19.8. The zero-order chi connectivity index (χ0) is 9.97. The summed E-state index contributed by atoms with van der Waals surface area (Å²) in [4.78, 5) is 6.60. The largest absolute Gasteiger partial charge is 0.506 e. The van der Waals surface area contributed by atoms with Gasteiger partial charge in [0.2, 0.25) is 0 Å². The van der Waals surface area contributed by atoms with E-state index in [1.54, 1.807) is 6.07 Å². The van der Waals surface area contributed by atoms with E-state index in [4.69, 9.17) is 5.11 Å². The average Bonchev–Trinajstić information content (AvgIpc) is 2.21. The van der Waals surface area contributed by atoms with Crippen molar-refractivity contribution in [2.45, 2.75) is 18.8 Å². The zero-order valence-corrected chi connectivity index (χ0v) is 8.48. The lowest BCUT2D eigenvalue weighted by atomic mass is 9.93. The third-order valence-electron chi connectivity index (χ3n) is 2.91. The van der Waals surface area contributed by atoms with Crippen molar-refractivity contribution in [3.63, 3.8) is 0 Å². The standard InChI is InChI=1S/C11H16N2O/c1-13-6-4-9(5-7-13)11-3-2-10(14)8-12-11/h2-3,8-9,14H,4-7H2,1H3. The lowest BCUT2D eigenvalue weighted by Gasteiger charge is -2.28. The third kappa shape index (κ3) is 2.04. The van der Waals surface area contributed by atoms with Crippen molar-refractivity contribution in [2.75, 3.05) is 20.1 Å². The molecule has 0 bridgehead atoms. The summed E-state index contributed by atoms with van der Waals surface area (Å²) in [6.45, 7) is 2.29. The van der Waals surface area contributed by atoms with Crippen LogP contribution in [0.2, 0.25) is 0 Å². The fraction of sp³-hybridized carbons (Fsp3) is 0.545. The summed E-state index contributed by atoms with van der Waals surface area (Å²) in [5.74, 6) is 0.827. The third-order valence-corrected chi connectivity index (χ3v) is 2.91. The summed E-state index contributed by atoms with van der Waals surface area (Å²) in [7, 11) is 2.15. The van der Waals surface area contributed by atoms with Crippen LogP contribution in [0, 0.1) is 0 Å². The van der Waals surface area contributed by atoms with Gasteiger partial charge in [0.15, 0.2) is 0 Å². The Hall–Kier alpha value is -1.09. The summed E-state index contributed by atoms with van der Waals surface area (Å²) in [6.07, 6.45) is 3.89. The van der Waals surface area contributed by atoms with Gasteiger partial charge in [-0.3, -0.25) is 4.98 Å². The van der Waals surface area contributed by atoms with Crippen molar-refractivity contribution in [1.29, 1.82) is 0 Å². The van der Waals surface area contributed by atoms with Crippen LogP contribution in [-0.2, 0) is 0 Å². The Morgan fingerprint density at radius 2 is 2.07 bits per heavy atom. The molecule has 1 N–H and O–H groups in total. The van der Waals surface area contributed by atoms with Gasteiger partial charge < -0.3 is 10.0 Å². The van der Waals surface area contributed by atoms with Crippen LogP contribution < -0.4 is 0 Å². The molecule has 0 spiro atoms. The predicted octanol–water partition coefficient (Wildman–Crippen LogP) is 1.60. The number of aromatic hydroxyl groups is 1. The van der Waals surface area contributed by atoms with Crippen LogP contribution >= 0.6 is 0 Å². The number of piperidine rings is 1. The van der Waals surface area contributed by atoms with Crippen LogP contribution in [0.1, 0.15) is 24.5 Å². The molecular formula is C11H16N2O. The van der Waals surface area contributed by atoms with Crippen LogP contribution in [0.15, 0.2) is 18.3 Å². The van der Waals surface area contributed by atoms with E-state index in [1.165, 1.54) is 19.0 Å². The van der Waals surface area contributed by atoms with Gasteiger partial charge >= 0.3 is 0 Å². The monoisotopic (exact) mass is 192 g/mol. The number of hydrogen-bond acceptors (Lipinski definition) is 3. The Morgan fingerprint density at radius 1 is 1.36 bits per heavy atom. The van der Waals surface area contributed by atoms with Crippen LogP contribution in [0.3, 0.4) is 0 Å². The predicted molar refractivity (Wildman–Crippen MR) is 55.4 cm³/mol. The second-order valence-corrected chi connectivity index (χ2v) is 4.02. The topological polar surface area (TPSA) is 36.4 Å². The maximum Gasteiger partial charge on any atom is 0.133 e. The van der Waals surface area contributed by atoms with E-state index in [0.29, 0.717) is 5.92 Å². The number of aromatic nitrogens is 1. The summed E-state index contributed by atoms with van der Waals surface area (Å²) < 4.78 is 0. The smallest absolute Gasteiger partial charge is 0.133 e. The molecule has 1 saturated heterocycles. The van der Waals surface area contributed by atoms with E-state index in [-0.39, 0.29) is 5.75 Å². The highest BCUT2D eigenvalue weighted by Gasteiger charge is 2.18. The van der Waals surface area contributed by atoms with Gasteiger partial charge in [0.05, 0.1) is 6.20 Å². The number of hydrogen-bond donors (Lipinski definition) is 1. The number of pyridine rings is 1. The summed E-state index contributed by atoms with van der Waals surface area (Å²) in [5.41, 5.74) is 1.12. The van der Waals surface area contributed by atoms with Crippen molar-refractivity contribution < 1.29 is 5.11 Å². The van der Waals surface area contributed by atoms with Crippen LogP contribution in [0.25, 0.3) is 0 Å². The van der Waals surface area contributed by atoms with E-state index >= 15 is 0 Å². The lowest BCUT2D eigenvalue weighted by molar-refractivity contribution is 0.253. The highest BCUT2D eigenvalue weighted by molar-refractivity contribution is 5.20. The molecule has 76 valence electrons. The molecule has 1 fully saturated rings. The van der Waals surface area contributed by atoms with E-state index < -0.39 is 0 Å². The second kappa shape index (κ2) is 3.96. The minimum absolute atomic E-state index is 0.252. The van der Waals surface area contributed by atoms with E-state index in [1.807, 2.05) is 6.07 Å². The first kappa shape index (κ1) is 9.46. The van der Waals surface area contributed by atoms with Gasteiger partial charge in [-0.2, -0.15) is 0 Å². The Balaban J connectivity index is 2.05. The fourth-order valence-corrected chi connectivity index (χ4v) is 1.94. The lowest BCUT2D eigenvalue weighted by Crippen LogP contribution is -2.29. The van der Waals surface area contributed by atoms with Gasteiger partial charge in [-0.1, -0.05) is 0 Å². The second-order valence-electron chi connectivity index (χ2n) is 4.02. The van der Waals surface area contributed by atoms with Crippen molar-refractivity contribution in [2.24, 2.45) is 0 Å².